The van der Waals surface area contributed by atoms with Crippen LogP contribution in [0.25, 0.3) is 0 Å². The highest BCUT2D eigenvalue weighted by Crippen LogP contribution is 2.75. The minimum Gasteiger partial charge on any atom is -0.384 e. The van der Waals surface area contributed by atoms with E-state index in [2.05, 4.69) is 20.8 Å². The summed E-state index contributed by atoms with van der Waals surface area (Å²) in [6.45, 7) is 7.92. The van der Waals surface area contributed by atoms with E-state index in [9.17, 15) is 4.79 Å². The van der Waals surface area contributed by atoms with Crippen LogP contribution in [-0.4, -0.2) is 20.0 Å². The zero-order valence-corrected chi connectivity index (χ0v) is 12.2. The molecule has 0 bridgehead atoms. The van der Waals surface area contributed by atoms with Crippen molar-refractivity contribution in [3.8, 4) is 0 Å². The average Bonchev–Trinajstić information content (AvgIpc) is 3.15. The van der Waals surface area contributed by atoms with Gasteiger partial charge in [-0.2, -0.15) is 0 Å². The second-order valence-corrected chi connectivity index (χ2v) is 7.90. The minimum absolute atomic E-state index is 0.0112. The van der Waals surface area contributed by atoms with E-state index in [1.807, 2.05) is 7.11 Å². The molecule has 0 aliphatic heterocycles. The maximum Gasteiger partial charge on any atom is 0.126 e. The molecule has 0 aromatic rings. The molecule has 3 saturated carbocycles. The fraction of sp³-hybridized carbons (Fsp3) is 0.938. The Labute approximate surface area is 110 Å². The molecule has 0 amide bonds. The summed E-state index contributed by atoms with van der Waals surface area (Å²) in [5, 5.41) is 0. The van der Waals surface area contributed by atoms with E-state index in [-0.39, 0.29) is 5.41 Å². The molecule has 0 saturated heterocycles. The van der Waals surface area contributed by atoms with Gasteiger partial charge in [0.05, 0.1) is 6.61 Å². The molecule has 3 rings (SSSR count). The van der Waals surface area contributed by atoms with E-state index in [0.717, 1.165) is 24.9 Å². The van der Waals surface area contributed by atoms with Gasteiger partial charge in [-0.3, -0.25) is 0 Å². The summed E-state index contributed by atoms with van der Waals surface area (Å²) in [5.41, 5.74) is 0.857. The second kappa shape index (κ2) is 3.59. The topological polar surface area (TPSA) is 26.3 Å². The quantitative estimate of drug-likeness (QED) is 0.700. The predicted molar refractivity (Wildman–Crippen MR) is 71.2 cm³/mol. The van der Waals surface area contributed by atoms with Crippen LogP contribution in [0.4, 0.5) is 0 Å². The van der Waals surface area contributed by atoms with Crippen LogP contribution >= 0.6 is 0 Å². The maximum absolute atomic E-state index is 11.1. The fourth-order valence-corrected chi connectivity index (χ4v) is 4.85. The Balaban J connectivity index is 1.68. The van der Waals surface area contributed by atoms with E-state index < -0.39 is 0 Å². The Bertz CT molecular complexity index is 375. The summed E-state index contributed by atoms with van der Waals surface area (Å²) in [7, 11) is 1.83. The van der Waals surface area contributed by atoms with Crippen LogP contribution in [0, 0.1) is 34.0 Å². The predicted octanol–water partition coefficient (Wildman–Crippen LogP) is 3.30. The van der Waals surface area contributed by atoms with Gasteiger partial charge in [-0.05, 0) is 48.9 Å². The van der Waals surface area contributed by atoms with Crippen LogP contribution in [0.2, 0.25) is 0 Å². The van der Waals surface area contributed by atoms with E-state index in [4.69, 9.17) is 4.74 Å². The first kappa shape index (κ1) is 12.7. The number of methoxy groups -OCH3 is 1. The molecule has 0 radical (unpaired) electrons. The number of fused-ring (bicyclic) bond motifs is 1. The number of carbonyl (C=O) groups excluding carboxylic acids is 1. The molecule has 0 aromatic heterocycles. The van der Waals surface area contributed by atoms with Crippen LogP contribution in [0.1, 0.15) is 46.5 Å². The SMILES string of the molecule is COCC12CC1CC(CC1CC1(C)C=O)C2(C)C. The highest BCUT2D eigenvalue weighted by Gasteiger charge is 2.70. The molecule has 18 heavy (non-hydrogen) atoms. The van der Waals surface area contributed by atoms with Crippen molar-refractivity contribution in [3.05, 3.63) is 0 Å². The molecule has 3 aliphatic carbocycles. The lowest BCUT2D eigenvalue weighted by Crippen LogP contribution is -2.33. The van der Waals surface area contributed by atoms with Gasteiger partial charge >= 0.3 is 0 Å². The van der Waals surface area contributed by atoms with E-state index >= 15 is 0 Å². The van der Waals surface area contributed by atoms with Gasteiger partial charge in [-0.25, -0.2) is 0 Å². The Morgan fingerprint density at radius 2 is 1.94 bits per heavy atom. The minimum atomic E-state index is 0.0112. The summed E-state index contributed by atoms with van der Waals surface area (Å²) >= 11 is 0. The molecule has 5 unspecified atom stereocenters. The van der Waals surface area contributed by atoms with Gasteiger partial charge in [0, 0.05) is 17.9 Å². The normalized spacial score (nSPS) is 51.9. The lowest BCUT2D eigenvalue weighted by molar-refractivity contribution is -0.112. The third kappa shape index (κ3) is 1.47. The standard InChI is InChI=1S/C16H26O2/c1-14(2)11(5-12-7-15(12,3)9-17)6-13-8-16(13,14)10-18-4/h9,11-13H,5-8,10H2,1-4H3. The van der Waals surface area contributed by atoms with Crippen molar-refractivity contribution in [1.29, 1.82) is 0 Å². The molecule has 0 N–H and O–H groups in total. The van der Waals surface area contributed by atoms with Gasteiger partial charge in [0.15, 0.2) is 0 Å². The first-order chi connectivity index (χ1) is 8.39. The third-order valence-electron chi connectivity index (χ3n) is 6.80. The van der Waals surface area contributed by atoms with Crippen molar-refractivity contribution in [2.24, 2.45) is 34.0 Å². The highest BCUT2D eigenvalue weighted by atomic mass is 16.5. The van der Waals surface area contributed by atoms with Gasteiger partial charge in [0.1, 0.15) is 6.29 Å². The Morgan fingerprint density at radius 1 is 1.22 bits per heavy atom. The Kier molecular flexibility index (Phi) is 2.53. The van der Waals surface area contributed by atoms with Gasteiger partial charge < -0.3 is 9.53 Å². The highest BCUT2D eigenvalue weighted by molar-refractivity contribution is 5.63. The first-order valence-corrected chi connectivity index (χ1v) is 7.35. The molecule has 3 fully saturated rings. The molecule has 102 valence electrons. The van der Waals surface area contributed by atoms with Crippen molar-refractivity contribution >= 4 is 6.29 Å². The smallest absolute Gasteiger partial charge is 0.126 e. The zero-order valence-electron chi connectivity index (χ0n) is 12.2. The molecular formula is C16H26O2. The van der Waals surface area contributed by atoms with E-state index in [1.165, 1.54) is 25.5 Å². The summed E-state index contributed by atoms with van der Waals surface area (Å²) < 4.78 is 5.48. The molecule has 2 heteroatoms. The lowest BCUT2D eigenvalue weighted by atomic mass is 9.69. The molecular weight excluding hydrogens is 224 g/mol. The summed E-state index contributed by atoms with van der Waals surface area (Å²) in [5.74, 6) is 2.33. The summed E-state index contributed by atoms with van der Waals surface area (Å²) in [6.07, 6.45) is 6.28. The number of rotatable bonds is 5. The van der Waals surface area contributed by atoms with Gasteiger partial charge in [-0.15, -0.1) is 0 Å². The van der Waals surface area contributed by atoms with Gasteiger partial charge in [-0.1, -0.05) is 20.8 Å². The number of carbonyl (C=O) groups is 1. The van der Waals surface area contributed by atoms with Gasteiger partial charge in [0.25, 0.3) is 0 Å². The Hall–Kier alpha value is -0.370. The zero-order chi connectivity index (χ0) is 13.2. The van der Waals surface area contributed by atoms with E-state index in [0.29, 0.717) is 16.7 Å². The summed E-state index contributed by atoms with van der Waals surface area (Å²) in [6, 6.07) is 0. The molecule has 0 spiro atoms. The largest absolute Gasteiger partial charge is 0.384 e. The number of ether oxygens (including phenoxy) is 1. The second-order valence-electron chi connectivity index (χ2n) is 7.90. The van der Waals surface area contributed by atoms with Crippen LogP contribution in [0.3, 0.4) is 0 Å². The fourth-order valence-electron chi connectivity index (χ4n) is 4.85. The van der Waals surface area contributed by atoms with Crippen molar-refractivity contribution in [3.63, 3.8) is 0 Å². The van der Waals surface area contributed by atoms with Crippen molar-refractivity contribution in [2.45, 2.75) is 46.5 Å². The van der Waals surface area contributed by atoms with Crippen LogP contribution in [0.5, 0.6) is 0 Å². The maximum atomic E-state index is 11.1. The van der Waals surface area contributed by atoms with Crippen molar-refractivity contribution < 1.29 is 9.53 Å². The number of hydrogen-bond acceptors (Lipinski definition) is 2. The first-order valence-electron chi connectivity index (χ1n) is 7.35. The van der Waals surface area contributed by atoms with Crippen LogP contribution in [0.15, 0.2) is 0 Å². The molecule has 3 aliphatic rings. The molecule has 5 atom stereocenters. The Morgan fingerprint density at radius 3 is 2.50 bits per heavy atom. The van der Waals surface area contributed by atoms with Gasteiger partial charge in [0.2, 0.25) is 0 Å². The lowest BCUT2D eigenvalue weighted by Gasteiger charge is -2.37. The van der Waals surface area contributed by atoms with Crippen molar-refractivity contribution in [1.82, 2.24) is 0 Å². The molecule has 0 heterocycles. The van der Waals surface area contributed by atoms with Crippen LogP contribution in [-0.2, 0) is 9.53 Å². The number of hydrogen-bond donors (Lipinski definition) is 0. The monoisotopic (exact) mass is 250 g/mol. The summed E-state index contributed by atoms with van der Waals surface area (Å²) in [4.78, 5) is 11.1. The molecule has 0 aromatic carbocycles. The third-order valence-corrected chi connectivity index (χ3v) is 6.80. The molecule has 2 nitrogen and oxygen atoms in total. The average molecular weight is 250 g/mol. The van der Waals surface area contributed by atoms with Crippen LogP contribution < -0.4 is 0 Å². The van der Waals surface area contributed by atoms with E-state index in [1.54, 1.807) is 0 Å². The van der Waals surface area contributed by atoms with Crippen molar-refractivity contribution in [2.75, 3.05) is 13.7 Å². The number of aldehydes is 1.